The normalized spacial score (nSPS) is 10.7. The monoisotopic (exact) mass is 290 g/mol. The molecular formula is C12H22N2O4S. The minimum atomic E-state index is -4.42. The number of nitrogens with zero attached hydrogens (tertiary/aromatic N) is 2. The van der Waals surface area contributed by atoms with Crippen molar-refractivity contribution in [2.75, 3.05) is 6.61 Å². The molecule has 1 aromatic heterocycles. The van der Waals surface area contributed by atoms with Gasteiger partial charge >= 0.3 is 0 Å². The fraction of sp³-hybridized carbons (Fsp3) is 0.583. The molecule has 1 aromatic rings. The van der Waals surface area contributed by atoms with E-state index >= 15 is 0 Å². The van der Waals surface area contributed by atoms with E-state index in [2.05, 4.69) is 46.1 Å². The van der Waals surface area contributed by atoms with E-state index < -0.39 is 10.4 Å². The van der Waals surface area contributed by atoms with Gasteiger partial charge in [-0.1, -0.05) is 19.6 Å². The number of hydrogen-bond acceptors (Lipinski definition) is 4. The van der Waals surface area contributed by atoms with Crippen molar-refractivity contribution in [3.05, 3.63) is 30.9 Å². The molecule has 0 fully saturated rings. The van der Waals surface area contributed by atoms with Crippen LogP contribution in [-0.2, 0) is 34.1 Å². The Labute approximate surface area is 115 Å². The average Bonchev–Trinajstić information content (AvgIpc) is 2.71. The minimum Gasteiger partial charge on any atom is -0.726 e. The molecule has 0 aliphatic carbocycles. The summed E-state index contributed by atoms with van der Waals surface area (Å²) >= 11 is 0. The van der Waals surface area contributed by atoms with Gasteiger partial charge in [0.15, 0.2) is 0 Å². The van der Waals surface area contributed by atoms with Crippen molar-refractivity contribution in [2.24, 2.45) is 0 Å². The zero-order valence-electron chi connectivity index (χ0n) is 11.7. The predicted molar refractivity (Wildman–Crippen MR) is 71.2 cm³/mol. The summed E-state index contributed by atoms with van der Waals surface area (Å²) in [5, 5.41) is 0. The van der Waals surface area contributed by atoms with Gasteiger partial charge in [0.1, 0.15) is 18.9 Å². The number of aryl methyl sites for hydroxylation is 1. The fourth-order valence-electron chi connectivity index (χ4n) is 1.64. The highest BCUT2D eigenvalue weighted by Crippen LogP contribution is 1.96. The second-order valence-electron chi connectivity index (χ2n) is 3.61. The molecule has 0 aliphatic rings. The first-order valence-corrected chi connectivity index (χ1v) is 7.51. The molecule has 0 radical (unpaired) electrons. The molecule has 0 spiro atoms. The summed E-state index contributed by atoms with van der Waals surface area (Å²) in [6.45, 7) is 11.4. The maximum Gasteiger partial charge on any atom is 0.256 e. The van der Waals surface area contributed by atoms with Crippen LogP contribution in [0.4, 0.5) is 0 Å². The highest BCUT2D eigenvalue weighted by molar-refractivity contribution is 7.80. The molecule has 0 N–H and O–H groups in total. The first kappa shape index (κ1) is 17.8. The highest BCUT2D eigenvalue weighted by Gasteiger charge is 2.11. The van der Waals surface area contributed by atoms with Gasteiger partial charge in [-0.3, -0.25) is 4.18 Å². The van der Waals surface area contributed by atoms with Crippen LogP contribution in [0.1, 0.15) is 26.6 Å². The lowest BCUT2D eigenvalue weighted by atomic mass is 10.4. The van der Waals surface area contributed by atoms with Gasteiger partial charge in [-0.05, 0) is 13.8 Å². The molecule has 6 nitrogen and oxygen atoms in total. The van der Waals surface area contributed by atoms with Gasteiger partial charge in [0.2, 0.25) is 10.4 Å². The Hall–Kier alpha value is -1.18. The van der Waals surface area contributed by atoms with Crippen LogP contribution in [0.3, 0.4) is 0 Å². The maximum atomic E-state index is 9.45. The van der Waals surface area contributed by atoms with Gasteiger partial charge in [-0.15, -0.1) is 0 Å². The van der Waals surface area contributed by atoms with E-state index in [4.69, 9.17) is 0 Å². The molecule has 0 aromatic carbocycles. The van der Waals surface area contributed by atoms with E-state index in [1.165, 1.54) is 12.7 Å². The van der Waals surface area contributed by atoms with Gasteiger partial charge in [0, 0.05) is 6.42 Å². The van der Waals surface area contributed by atoms with Crippen LogP contribution in [0, 0.1) is 0 Å². The number of imidazole rings is 1. The van der Waals surface area contributed by atoms with E-state index in [0.717, 1.165) is 19.5 Å². The van der Waals surface area contributed by atoms with E-state index in [0.29, 0.717) is 0 Å². The minimum absolute atomic E-state index is 0.0914. The Bertz CT molecular complexity index is 480. The van der Waals surface area contributed by atoms with Crippen LogP contribution >= 0.6 is 0 Å². The maximum absolute atomic E-state index is 9.45. The zero-order valence-corrected chi connectivity index (χ0v) is 12.5. The van der Waals surface area contributed by atoms with E-state index in [1.54, 1.807) is 0 Å². The SMILES string of the molecule is C=CC[n+]1ccn(CC)c1CC.CCOS(=O)(=O)[O-]. The van der Waals surface area contributed by atoms with Crippen LogP contribution < -0.4 is 4.57 Å². The Morgan fingerprint density at radius 1 is 1.47 bits per heavy atom. The molecule has 0 unspecified atom stereocenters. The first-order valence-electron chi connectivity index (χ1n) is 6.18. The fourth-order valence-corrected chi connectivity index (χ4v) is 1.93. The number of hydrogen-bond donors (Lipinski definition) is 0. The van der Waals surface area contributed by atoms with Gasteiger partial charge in [-0.25, -0.2) is 17.6 Å². The highest BCUT2D eigenvalue weighted by atomic mass is 32.3. The second kappa shape index (κ2) is 8.84. The van der Waals surface area contributed by atoms with Crippen LogP contribution in [-0.4, -0.2) is 24.1 Å². The third-order valence-corrected chi connectivity index (χ3v) is 2.86. The summed E-state index contributed by atoms with van der Waals surface area (Å²) in [6.07, 6.45) is 7.25. The molecule has 1 rings (SSSR count). The summed E-state index contributed by atoms with van der Waals surface area (Å²) in [5.41, 5.74) is 0. The molecule has 1 heterocycles. The average molecular weight is 290 g/mol. The molecule has 110 valence electrons. The zero-order chi connectivity index (χ0) is 14.9. The Morgan fingerprint density at radius 2 is 2.11 bits per heavy atom. The Kier molecular flexibility index (Phi) is 8.29. The van der Waals surface area contributed by atoms with Crippen LogP contribution in [0.2, 0.25) is 0 Å². The standard InChI is InChI=1S/C10H17N2.C2H6O4S/c1-4-7-12-9-8-11(6-3)10(12)5-2;1-2-6-7(3,4)5/h4,8-9H,1,5-7H2,2-3H3;2H2,1H3,(H,3,4,5)/q+1;/p-1. The summed E-state index contributed by atoms with van der Waals surface area (Å²) in [6, 6.07) is 0. The molecule has 19 heavy (non-hydrogen) atoms. The van der Waals surface area contributed by atoms with Gasteiger partial charge in [-0.2, -0.15) is 0 Å². The van der Waals surface area contributed by atoms with E-state index in [1.807, 2.05) is 6.08 Å². The summed E-state index contributed by atoms with van der Waals surface area (Å²) in [4.78, 5) is 0. The number of allylic oxidation sites excluding steroid dienone is 1. The molecule has 0 amide bonds. The van der Waals surface area contributed by atoms with Crippen molar-refractivity contribution in [2.45, 2.75) is 40.3 Å². The molecular weight excluding hydrogens is 268 g/mol. The first-order chi connectivity index (χ1) is 8.89. The Morgan fingerprint density at radius 3 is 2.42 bits per heavy atom. The third-order valence-electron chi connectivity index (χ3n) is 2.33. The topological polar surface area (TPSA) is 75.2 Å². The molecule has 0 aliphatic heterocycles. The quantitative estimate of drug-likeness (QED) is 0.339. The van der Waals surface area contributed by atoms with Crippen LogP contribution in [0.15, 0.2) is 25.0 Å². The van der Waals surface area contributed by atoms with Crippen molar-refractivity contribution in [3.63, 3.8) is 0 Å². The second-order valence-corrected chi connectivity index (χ2v) is 4.66. The third kappa shape index (κ3) is 7.09. The van der Waals surface area contributed by atoms with Gasteiger partial charge in [0.05, 0.1) is 13.2 Å². The van der Waals surface area contributed by atoms with Crippen molar-refractivity contribution in [1.29, 1.82) is 0 Å². The van der Waals surface area contributed by atoms with Crippen molar-refractivity contribution >= 4 is 10.4 Å². The van der Waals surface area contributed by atoms with Crippen molar-refractivity contribution in [3.8, 4) is 0 Å². The lowest BCUT2D eigenvalue weighted by molar-refractivity contribution is -0.693. The summed E-state index contributed by atoms with van der Waals surface area (Å²) < 4.78 is 36.5. The largest absolute Gasteiger partial charge is 0.726 e. The summed E-state index contributed by atoms with van der Waals surface area (Å²) in [5.74, 6) is 1.37. The Balaban J connectivity index is 0.000000399. The van der Waals surface area contributed by atoms with Gasteiger partial charge in [0.25, 0.3) is 5.82 Å². The smallest absolute Gasteiger partial charge is 0.256 e. The van der Waals surface area contributed by atoms with Crippen LogP contribution in [0.5, 0.6) is 0 Å². The lowest BCUT2D eigenvalue weighted by Crippen LogP contribution is -2.36. The number of aromatic nitrogens is 2. The van der Waals surface area contributed by atoms with Gasteiger partial charge < -0.3 is 4.55 Å². The molecule has 0 saturated carbocycles. The van der Waals surface area contributed by atoms with Crippen LogP contribution in [0.25, 0.3) is 0 Å². The van der Waals surface area contributed by atoms with E-state index in [9.17, 15) is 13.0 Å². The van der Waals surface area contributed by atoms with Crippen molar-refractivity contribution < 1.29 is 21.7 Å². The lowest BCUT2D eigenvalue weighted by Gasteiger charge is -2.02. The predicted octanol–water partition coefficient (Wildman–Crippen LogP) is 1.03. The summed E-state index contributed by atoms with van der Waals surface area (Å²) in [7, 11) is -4.42. The molecule has 0 atom stereocenters. The number of rotatable bonds is 6. The molecule has 0 bridgehead atoms. The molecule has 0 saturated heterocycles. The van der Waals surface area contributed by atoms with Crippen molar-refractivity contribution in [1.82, 2.24) is 4.57 Å². The van der Waals surface area contributed by atoms with E-state index in [-0.39, 0.29) is 6.61 Å². The molecule has 7 heteroatoms.